The number of rotatable bonds is 7. The van der Waals surface area contributed by atoms with Crippen LogP contribution in [0.3, 0.4) is 0 Å². The molecule has 34 heavy (non-hydrogen) atoms. The highest BCUT2D eigenvalue weighted by molar-refractivity contribution is 5.99. The molecule has 0 aliphatic heterocycles. The Morgan fingerprint density at radius 1 is 1.00 bits per heavy atom. The van der Waals surface area contributed by atoms with Crippen LogP contribution in [0.25, 0.3) is 11.0 Å². The summed E-state index contributed by atoms with van der Waals surface area (Å²) in [6, 6.07) is 19.8. The lowest BCUT2D eigenvalue weighted by molar-refractivity contribution is -0.128. The molecule has 0 radical (unpaired) electrons. The summed E-state index contributed by atoms with van der Waals surface area (Å²) < 4.78 is 0. The van der Waals surface area contributed by atoms with Gasteiger partial charge in [-0.05, 0) is 48.0 Å². The number of imidazole rings is 1. The van der Waals surface area contributed by atoms with Gasteiger partial charge in [0.2, 0.25) is 0 Å². The number of carbonyl (C=O) groups excluding carboxylic acids is 2. The summed E-state index contributed by atoms with van der Waals surface area (Å²) >= 11 is 0. The van der Waals surface area contributed by atoms with Gasteiger partial charge in [0.1, 0.15) is 0 Å². The van der Waals surface area contributed by atoms with Gasteiger partial charge >= 0.3 is 0 Å². The smallest absolute Gasteiger partial charge is 0.272 e. The highest BCUT2D eigenvalue weighted by Crippen LogP contribution is 2.23. The number of amides is 2. The van der Waals surface area contributed by atoms with Crippen LogP contribution in [0.4, 0.5) is 11.4 Å². The summed E-state index contributed by atoms with van der Waals surface area (Å²) in [4.78, 5) is 35.2. The van der Waals surface area contributed by atoms with Crippen LogP contribution in [0.5, 0.6) is 0 Å². The SMILES string of the molecule is CN(C)c1ccc(C(=O)NC(c2ccccc2)C(O)C(=O)N(N)c2ccc3nc[nH]c3c2)cc1. The summed E-state index contributed by atoms with van der Waals surface area (Å²) in [7, 11) is 3.82. The minimum Gasteiger partial charge on any atom is -0.381 e. The van der Waals surface area contributed by atoms with Gasteiger partial charge in [-0.2, -0.15) is 0 Å². The van der Waals surface area contributed by atoms with E-state index in [0.717, 1.165) is 16.2 Å². The van der Waals surface area contributed by atoms with E-state index in [1.54, 1.807) is 54.6 Å². The number of H-pyrrole nitrogens is 1. The molecule has 9 heteroatoms. The number of anilines is 2. The number of hydrazine groups is 1. The molecule has 4 aromatic rings. The van der Waals surface area contributed by atoms with E-state index >= 15 is 0 Å². The molecule has 0 aliphatic carbocycles. The summed E-state index contributed by atoms with van der Waals surface area (Å²) in [6.07, 6.45) is -0.0901. The molecule has 0 spiro atoms. The molecule has 2 unspecified atom stereocenters. The number of aromatic nitrogens is 2. The molecular formula is C25H26N6O3. The standard InChI is InChI=1S/C25H26N6O3/c1-30(2)18-10-8-17(9-11-18)24(33)29-22(16-6-4-3-5-7-16)23(32)25(34)31(26)19-12-13-20-21(14-19)28-15-27-20/h3-15,22-23,32H,26H2,1-2H3,(H,27,28)(H,29,33). The molecule has 2 atom stereocenters. The third-order valence-corrected chi connectivity index (χ3v) is 5.58. The molecule has 2 amide bonds. The van der Waals surface area contributed by atoms with Crippen molar-refractivity contribution in [2.75, 3.05) is 24.0 Å². The third kappa shape index (κ3) is 4.75. The maximum absolute atomic E-state index is 13.1. The minimum atomic E-state index is -1.63. The molecule has 1 aromatic heterocycles. The maximum Gasteiger partial charge on any atom is 0.272 e. The first-order chi connectivity index (χ1) is 16.3. The number of hydrogen-bond donors (Lipinski definition) is 4. The van der Waals surface area contributed by atoms with Crippen molar-refractivity contribution in [1.82, 2.24) is 15.3 Å². The van der Waals surface area contributed by atoms with Crippen LogP contribution in [0.2, 0.25) is 0 Å². The molecule has 5 N–H and O–H groups in total. The molecule has 9 nitrogen and oxygen atoms in total. The number of nitrogens with one attached hydrogen (secondary N) is 2. The fourth-order valence-electron chi connectivity index (χ4n) is 3.63. The number of aromatic amines is 1. The second kappa shape index (κ2) is 9.74. The van der Waals surface area contributed by atoms with E-state index in [1.807, 2.05) is 37.2 Å². The van der Waals surface area contributed by atoms with E-state index < -0.39 is 24.0 Å². The van der Waals surface area contributed by atoms with Gasteiger partial charge < -0.3 is 20.3 Å². The van der Waals surface area contributed by atoms with Crippen LogP contribution in [-0.2, 0) is 4.79 Å². The van der Waals surface area contributed by atoms with Gasteiger partial charge in [-0.3, -0.25) is 9.59 Å². The Balaban J connectivity index is 1.58. The molecule has 3 aromatic carbocycles. The van der Waals surface area contributed by atoms with E-state index in [1.165, 1.54) is 6.33 Å². The number of fused-ring (bicyclic) bond motifs is 1. The van der Waals surface area contributed by atoms with E-state index in [-0.39, 0.29) is 0 Å². The van der Waals surface area contributed by atoms with Crippen LogP contribution in [0, 0.1) is 0 Å². The summed E-state index contributed by atoms with van der Waals surface area (Å²) in [5.74, 6) is 4.88. The monoisotopic (exact) mass is 458 g/mol. The molecule has 0 fully saturated rings. The van der Waals surface area contributed by atoms with Gasteiger partial charge in [-0.25, -0.2) is 15.8 Å². The van der Waals surface area contributed by atoms with Crippen molar-refractivity contribution in [3.63, 3.8) is 0 Å². The van der Waals surface area contributed by atoms with Crippen molar-refractivity contribution in [1.29, 1.82) is 0 Å². The van der Waals surface area contributed by atoms with E-state index in [4.69, 9.17) is 5.84 Å². The predicted octanol–water partition coefficient (Wildman–Crippen LogP) is 2.37. The number of aliphatic hydroxyl groups is 1. The zero-order valence-electron chi connectivity index (χ0n) is 18.8. The quantitative estimate of drug-likeness (QED) is 0.191. The van der Waals surface area contributed by atoms with Crippen LogP contribution < -0.4 is 21.1 Å². The van der Waals surface area contributed by atoms with Gasteiger partial charge in [0.15, 0.2) is 6.10 Å². The second-order valence-corrected chi connectivity index (χ2v) is 8.06. The summed E-state index contributed by atoms with van der Waals surface area (Å²) in [5.41, 5.74) is 3.71. The molecule has 0 saturated carbocycles. The lowest BCUT2D eigenvalue weighted by Gasteiger charge is -2.27. The van der Waals surface area contributed by atoms with Crippen LogP contribution >= 0.6 is 0 Å². The average Bonchev–Trinajstić information content (AvgIpc) is 3.34. The van der Waals surface area contributed by atoms with E-state index in [9.17, 15) is 14.7 Å². The molecule has 0 bridgehead atoms. The van der Waals surface area contributed by atoms with Gasteiger partial charge in [-0.15, -0.1) is 0 Å². The molecule has 4 rings (SSSR count). The number of nitrogens with zero attached hydrogens (tertiary/aromatic N) is 3. The lowest BCUT2D eigenvalue weighted by atomic mass is 9.99. The fraction of sp³-hybridized carbons (Fsp3) is 0.160. The number of aliphatic hydroxyl groups excluding tert-OH is 1. The molecule has 1 heterocycles. The van der Waals surface area contributed by atoms with Crippen molar-refractivity contribution in [3.8, 4) is 0 Å². The Labute approximate surface area is 196 Å². The first-order valence-electron chi connectivity index (χ1n) is 10.7. The Morgan fingerprint density at radius 3 is 2.35 bits per heavy atom. The van der Waals surface area contributed by atoms with E-state index in [2.05, 4.69) is 15.3 Å². The second-order valence-electron chi connectivity index (χ2n) is 8.06. The first-order valence-corrected chi connectivity index (χ1v) is 10.7. The summed E-state index contributed by atoms with van der Waals surface area (Å²) in [6.45, 7) is 0. The Kier molecular flexibility index (Phi) is 6.58. The van der Waals surface area contributed by atoms with Crippen LogP contribution in [0.1, 0.15) is 22.0 Å². The number of benzene rings is 3. The topological polar surface area (TPSA) is 128 Å². The zero-order valence-corrected chi connectivity index (χ0v) is 18.8. The van der Waals surface area contributed by atoms with Crippen molar-refractivity contribution in [3.05, 3.63) is 90.3 Å². The van der Waals surface area contributed by atoms with Crippen LogP contribution in [0.15, 0.2) is 79.1 Å². The zero-order chi connectivity index (χ0) is 24.2. The van der Waals surface area contributed by atoms with Crippen molar-refractivity contribution in [2.24, 2.45) is 5.84 Å². The highest BCUT2D eigenvalue weighted by atomic mass is 16.3. The largest absolute Gasteiger partial charge is 0.381 e. The number of nitrogens with two attached hydrogens (primary N) is 1. The van der Waals surface area contributed by atoms with Gasteiger partial charge in [0.05, 0.1) is 29.1 Å². The molecular weight excluding hydrogens is 432 g/mol. The number of carbonyl (C=O) groups is 2. The Bertz CT molecular complexity index is 1290. The predicted molar refractivity (Wildman–Crippen MR) is 131 cm³/mol. The third-order valence-electron chi connectivity index (χ3n) is 5.58. The molecule has 0 aliphatic rings. The first kappa shape index (κ1) is 23.0. The van der Waals surface area contributed by atoms with Crippen molar-refractivity contribution in [2.45, 2.75) is 12.1 Å². The average molecular weight is 459 g/mol. The van der Waals surface area contributed by atoms with Crippen molar-refractivity contribution < 1.29 is 14.7 Å². The van der Waals surface area contributed by atoms with Crippen LogP contribution in [-0.4, -0.2) is 47.1 Å². The Hall–Kier alpha value is -4.21. The molecule has 0 saturated heterocycles. The minimum absolute atomic E-state index is 0.373. The van der Waals surface area contributed by atoms with Gasteiger partial charge in [0.25, 0.3) is 11.8 Å². The van der Waals surface area contributed by atoms with Gasteiger partial charge in [0, 0.05) is 25.3 Å². The normalized spacial score (nSPS) is 12.7. The lowest BCUT2D eigenvalue weighted by Crippen LogP contribution is -2.50. The highest BCUT2D eigenvalue weighted by Gasteiger charge is 2.32. The maximum atomic E-state index is 13.1. The van der Waals surface area contributed by atoms with Gasteiger partial charge in [-0.1, -0.05) is 30.3 Å². The van der Waals surface area contributed by atoms with Crippen molar-refractivity contribution >= 4 is 34.2 Å². The Morgan fingerprint density at radius 2 is 1.68 bits per heavy atom. The molecule has 174 valence electrons. The number of hydrogen-bond acceptors (Lipinski definition) is 6. The summed E-state index contributed by atoms with van der Waals surface area (Å²) in [5, 5.41) is 14.7. The fourth-order valence-corrected chi connectivity index (χ4v) is 3.63. The van der Waals surface area contributed by atoms with E-state index in [0.29, 0.717) is 22.3 Å².